The van der Waals surface area contributed by atoms with Crippen molar-refractivity contribution >= 4 is 11.3 Å². The molecule has 1 aromatic heterocycles. The predicted octanol–water partition coefficient (Wildman–Crippen LogP) is 4.78. The summed E-state index contributed by atoms with van der Waals surface area (Å²) in [6, 6.07) is 11.4. The van der Waals surface area contributed by atoms with E-state index in [1.54, 1.807) is 0 Å². The van der Waals surface area contributed by atoms with Gasteiger partial charge in [0.25, 0.3) is 0 Å². The summed E-state index contributed by atoms with van der Waals surface area (Å²) in [4.78, 5) is 1.37. The zero-order chi connectivity index (χ0) is 13.0. The van der Waals surface area contributed by atoms with E-state index in [1.165, 1.54) is 28.0 Å². The zero-order valence-electron chi connectivity index (χ0n) is 11.4. The van der Waals surface area contributed by atoms with Crippen LogP contribution in [0.15, 0.2) is 35.7 Å². The third-order valence-corrected chi connectivity index (χ3v) is 4.03. The molecule has 2 aromatic rings. The molecule has 1 heterocycles. The van der Waals surface area contributed by atoms with Gasteiger partial charge in [-0.15, -0.1) is 11.3 Å². The van der Waals surface area contributed by atoms with Gasteiger partial charge in [0.2, 0.25) is 0 Å². The minimum Gasteiger partial charge on any atom is -0.310 e. The number of nitrogens with one attached hydrogen (secondary N) is 1. The van der Waals surface area contributed by atoms with Gasteiger partial charge in [-0.2, -0.15) is 0 Å². The largest absolute Gasteiger partial charge is 0.310 e. The van der Waals surface area contributed by atoms with Crippen molar-refractivity contribution in [1.29, 1.82) is 0 Å². The predicted molar refractivity (Wildman–Crippen MR) is 81.2 cm³/mol. The minimum atomic E-state index is 0.404. The first-order valence-corrected chi connectivity index (χ1v) is 7.48. The molecule has 0 saturated heterocycles. The third kappa shape index (κ3) is 3.01. The maximum absolute atomic E-state index is 3.57. The van der Waals surface area contributed by atoms with Crippen molar-refractivity contribution in [2.45, 2.75) is 33.2 Å². The van der Waals surface area contributed by atoms with Gasteiger partial charge in [0.15, 0.2) is 0 Å². The molecule has 1 nitrogen and oxygen atoms in total. The molecular formula is C16H21NS. The third-order valence-electron chi connectivity index (χ3n) is 3.17. The number of hydrogen-bond donors (Lipinski definition) is 1. The lowest BCUT2D eigenvalue weighted by Crippen LogP contribution is -2.19. The zero-order valence-corrected chi connectivity index (χ0v) is 12.2. The Kier molecular flexibility index (Phi) is 4.56. The summed E-state index contributed by atoms with van der Waals surface area (Å²) in [6.07, 6.45) is 1.17. The molecule has 0 spiro atoms. The maximum Gasteiger partial charge on any atom is 0.0297 e. The van der Waals surface area contributed by atoms with Crippen molar-refractivity contribution in [1.82, 2.24) is 5.32 Å². The first kappa shape index (κ1) is 13.3. The SMILES string of the molecule is CCCNC(C)c1ccccc1-c1csc(C)c1. The Morgan fingerprint density at radius 2 is 2.06 bits per heavy atom. The highest BCUT2D eigenvalue weighted by Crippen LogP contribution is 2.31. The van der Waals surface area contributed by atoms with Crippen molar-refractivity contribution in [2.75, 3.05) is 6.54 Å². The Bertz CT molecular complexity index is 501. The van der Waals surface area contributed by atoms with Gasteiger partial charge < -0.3 is 5.32 Å². The Morgan fingerprint density at radius 1 is 1.28 bits per heavy atom. The van der Waals surface area contributed by atoms with Crippen LogP contribution in [0.5, 0.6) is 0 Å². The highest BCUT2D eigenvalue weighted by molar-refractivity contribution is 7.10. The Labute approximate surface area is 114 Å². The number of aryl methyl sites for hydroxylation is 1. The normalized spacial score (nSPS) is 12.6. The van der Waals surface area contributed by atoms with E-state index in [0.717, 1.165) is 6.54 Å². The molecule has 0 saturated carbocycles. The molecule has 0 amide bonds. The molecule has 0 fully saturated rings. The van der Waals surface area contributed by atoms with Crippen molar-refractivity contribution in [3.8, 4) is 11.1 Å². The van der Waals surface area contributed by atoms with Crippen LogP contribution < -0.4 is 5.32 Å². The van der Waals surface area contributed by atoms with Gasteiger partial charge in [-0.3, -0.25) is 0 Å². The van der Waals surface area contributed by atoms with E-state index in [1.807, 2.05) is 11.3 Å². The molecular weight excluding hydrogens is 238 g/mol. The quantitative estimate of drug-likeness (QED) is 0.814. The van der Waals surface area contributed by atoms with Crippen LogP contribution in [0.1, 0.15) is 36.8 Å². The number of rotatable bonds is 5. The lowest BCUT2D eigenvalue weighted by Gasteiger charge is -2.17. The summed E-state index contributed by atoms with van der Waals surface area (Å²) in [6.45, 7) is 7.68. The second-order valence-electron chi connectivity index (χ2n) is 4.71. The maximum atomic E-state index is 3.57. The van der Waals surface area contributed by atoms with Crippen LogP contribution in [-0.2, 0) is 0 Å². The van der Waals surface area contributed by atoms with E-state index >= 15 is 0 Å². The molecule has 2 rings (SSSR count). The van der Waals surface area contributed by atoms with Crippen LogP contribution in [0.4, 0.5) is 0 Å². The lowest BCUT2D eigenvalue weighted by atomic mass is 9.97. The summed E-state index contributed by atoms with van der Waals surface area (Å²) in [7, 11) is 0. The van der Waals surface area contributed by atoms with E-state index in [-0.39, 0.29) is 0 Å². The Morgan fingerprint density at radius 3 is 2.72 bits per heavy atom. The fourth-order valence-electron chi connectivity index (χ4n) is 2.19. The van der Waals surface area contributed by atoms with Crippen LogP contribution in [0.2, 0.25) is 0 Å². The monoisotopic (exact) mass is 259 g/mol. The smallest absolute Gasteiger partial charge is 0.0297 e. The molecule has 1 N–H and O–H groups in total. The molecule has 1 unspecified atom stereocenters. The summed E-state index contributed by atoms with van der Waals surface area (Å²) in [5, 5.41) is 5.82. The van der Waals surface area contributed by atoms with Gasteiger partial charge in [0.1, 0.15) is 0 Å². The van der Waals surface area contributed by atoms with Crippen molar-refractivity contribution in [3.05, 3.63) is 46.2 Å². The van der Waals surface area contributed by atoms with Crippen LogP contribution in [0.3, 0.4) is 0 Å². The van der Waals surface area contributed by atoms with Crippen LogP contribution >= 0.6 is 11.3 Å². The average molecular weight is 259 g/mol. The molecule has 2 heteroatoms. The second-order valence-corrected chi connectivity index (χ2v) is 5.82. The molecule has 1 aromatic carbocycles. The van der Waals surface area contributed by atoms with Gasteiger partial charge in [-0.05, 0) is 54.9 Å². The van der Waals surface area contributed by atoms with E-state index in [2.05, 4.69) is 61.8 Å². The molecule has 0 aliphatic heterocycles. The first-order chi connectivity index (χ1) is 8.72. The highest BCUT2D eigenvalue weighted by Gasteiger charge is 2.11. The second kappa shape index (κ2) is 6.17. The van der Waals surface area contributed by atoms with Crippen LogP contribution in [0, 0.1) is 6.92 Å². The lowest BCUT2D eigenvalue weighted by molar-refractivity contribution is 0.572. The molecule has 0 bridgehead atoms. The molecule has 0 aliphatic carbocycles. The van der Waals surface area contributed by atoms with Gasteiger partial charge in [0, 0.05) is 10.9 Å². The molecule has 18 heavy (non-hydrogen) atoms. The molecule has 0 radical (unpaired) electrons. The van der Waals surface area contributed by atoms with Gasteiger partial charge in [-0.25, -0.2) is 0 Å². The van der Waals surface area contributed by atoms with Gasteiger partial charge >= 0.3 is 0 Å². The average Bonchev–Trinajstić information content (AvgIpc) is 2.82. The molecule has 0 aliphatic rings. The number of hydrogen-bond acceptors (Lipinski definition) is 2. The van der Waals surface area contributed by atoms with Gasteiger partial charge in [-0.1, -0.05) is 31.2 Å². The van der Waals surface area contributed by atoms with Crippen molar-refractivity contribution < 1.29 is 0 Å². The van der Waals surface area contributed by atoms with Crippen molar-refractivity contribution in [2.24, 2.45) is 0 Å². The van der Waals surface area contributed by atoms with Crippen LogP contribution in [0.25, 0.3) is 11.1 Å². The first-order valence-electron chi connectivity index (χ1n) is 6.60. The van der Waals surface area contributed by atoms with Crippen LogP contribution in [-0.4, -0.2) is 6.54 Å². The Balaban J connectivity index is 2.30. The van der Waals surface area contributed by atoms with Crippen molar-refractivity contribution in [3.63, 3.8) is 0 Å². The number of benzene rings is 1. The van der Waals surface area contributed by atoms with Gasteiger partial charge in [0.05, 0.1) is 0 Å². The topological polar surface area (TPSA) is 12.0 Å². The van der Waals surface area contributed by atoms with E-state index < -0.39 is 0 Å². The number of thiophene rings is 1. The standard InChI is InChI=1S/C16H21NS/c1-4-9-17-13(3)15-7-5-6-8-16(15)14-10-12(2)18-11-14/h5-8,10-11,13,17H,4,9H2,1-3H3. The van der Waals surface area contributed by atoms with E-state index in [4.69, 9.17) is 0 Å². The summed E-state index contributed by atoms with van der Waals surface area (Å²) < 4.78 is 0. The summed E-state index contributed by atoms with van der Waals surface area (Å²) in [5.74, 6) is 0. The molecule has 1 atom stereocenters. The fraction of sp³-hybridized carbons (Fsp3) is 0.375. The summed E-state index contributed by atoms with van der Waals surface area (Å²) in [5.41, 5.74) is 4.10. The van der Waals surface area contributed by atoms with E-state index in [0.29, 0.717) is 6.04 Å². The Hall–Kier alpha value is -1.12. The minimum absolute atomic E-state index is 0.404. The highest BCUT2D eigenvalue weighted by atomic mass is 32.1. The summed E-state index contributed by atoms with van der Waals surface area (Å²) >= 11 is 1.82. The molecule has 96 valence electrons. The van der Waals surface area contributed by atoms with E-state index in [9.17, 15) is 0 Å². The fourth-order valence-corrected chi connectivity index (χ4v) is 2.90.